The summed E-state index contributed by atoms with van der Waals surface area (Å²) in [5, 5.41) is 0. The zero-order chi connectivity index (χ0) is 10.5. The van der Waals surface area contributed by atoms with Gasteiger partial charge in [-0.15, -0.1) is 5.73 Å². The van der Waals surface area contributed by atoms with Crippen LogP contribution in [0.5, 0.6) is 0 Å². The van der Waals surface area contributed by atoms with Crippen LogP contribution in [0.2, 0.25) is 0 Å². The van der Waals surface area contributed by atoms with Gasteiger partial charge in [-0.05, 0) is 37.8 Å². The van der Waals surface area contributed by atoms with E-state index in [2.05, 4.69) is 31.7 Å². The van der Waals surface area contributed by atoms with Gasteiger partial charge in [-0.1, -0.05) is 46.0 Å². The Bertz CT molecular complexity index is 149. The number of allylic oxidation sites excluding steroid dienone is 1. The molecule has 0 aliphatic heterocycles. The summed E-state index contributed by atoms with van der Waals surface area (Å²) in [5.41, 5.74) is 3.27. The highest BCUT2D eigenvalue weighted by atomic mass is 13.9. The van der Waals surface area contributed by atoms with Crippen molar-refractivity contribution in [1.82, 2.24) is 0 Å². The van der Waals surface area contributed by atoms with E-state index in [-0.39, 0.29) is 0 Å². The molecule has 0 aromatic heterocycles. The molecular weight excluding hydrogens is 168 g/mol. The van der Waals surface area contributed by atoms with Gasteiger partial charge in [0.25, 0.3) is 0 Å². The van der Waals surface area contributed by atoms with Gasteiger partial charge in [0.2, 0.25) is 0 Å². The smallest absolute Gasteiger partial charge is 0.0274 e. The standard InChI is InChI=1S/C14H26/c1-3-5-7-9-11-13-14-12-10-8-6-4-2/h11,14H,3-10,12H2,1-2H3. The van der Waals surface area contributed by atoms with Gasteiger partial charge in [0.1, 0.15) is 0 Å². The first-order chi connectivity index (χ1) is 6.91. The molecule has 0 N–H and O–H groups in total. The van der Waals surface area contributed by atoms with E-state index in [0.29, 0.717) is 0 Å². The van der Waals surface area contributed by atoms with Crippen molar-refractivity contribution >= 4 is 0 Å². The Morgan fingerprint density at radius 1 is 0.714 bits per heavy atom. The second kappa shape index (κ2) is 12.5. The highest BCUT2D eigenvalue weighted by Crippen LogP contribution is 2.03. The van der Waals surface area contributed by atoms with Crippen LogP contribution in [0.4, 0.5) is 0 Å². The predicted octanol–water partition coefficient (Wildman–Crippen LogP) is 5.25. The van der Waals surface area contributed by atoms with Crippen LogP contribution >= 0.6 is 0 Å². The van der Waals surface area contributed by atoms with E-state index in [1.54, 1.807) is 0 Å². The van der Waals surface area contributed by atoms with Crippen LogP contribution in [0.25, 0.3) is 0 Å². The Labute approximate surface area is 90.1 Å². The lowest BCUT2D eigenvalue weighted by Gasteiger charge is -1.92. The Hall–Kier alpha value is -0.480. The van der Waals surface area contributed by atoms with E-state index in [1.807, 2.05) is 0 Å². The Morgan fingerprint density at radius 3 is 1.79 bits per heavy atom. The summed E-state index contributed by atoms with van der Waals surface area (Å²) in [4.78, 5) is 0. The molecule has 82 valence electrons. The van der Waals surface area contributed by atoms with Crippen molar-refractivity contribution in [2.45, 2.75) is 71.6 Å². The minimum Gasteiger partial charge on any atom is -0.130 e. The van der Waals surface area contributed by atoms with Gasteiger partial charge in [-0.3, -0.25) is 0 Å². The molecule has 0 unspecified atom stereocenters. The summed E-state index contributed by atoms with van der Waals surface area (Å²) in [7, 11) is 0. The maximum Gasteiger partial charge on any atom is -0.0274 e. The molecule has 0 atom stereocenters. The molecule has 0 saturated heterocycles. The molecule has 0 rings (SSSR count). The fourth-order valence-corrected chi connectivity index (χ4v) is 1.42. The van der Waals surface area contributed by atoms with Crippen molar-refractivity contribution in [3.63, 3.8) is 0 Å². The molecule has 0 nitrogen and oxygen atoms in total. The molecule has 0 aromatic carbocycles. The number of hydrogen-bond donors (Lipinski definition) is 0. The Morgan fingerprint density at radius 2 is 1.21 bits per heavy atom. The maximum atomic E-state index is 3.27. The number of rotatable bonds is 9. The van der Waals surface area contributed by atoms with E-state index in [4.69, 9.17) is 0 Å². The molecule has 0 aliphatic rings. The predicted molar refractivity (Wildman–Crippen MR) is 65.6 cm³/mol. The molecule has 14 heavy (non-hydrogen) atoms. The largest absolute Gasteiger partial charge is 0.130 e. The first-order valence-corrected chi connectivity index (χ1v) is 6.31. The summed E-state index contributed by atoms with van der Waals surface area (Å²) in [6.07, 6.45) is 16.2. The van der Waals surface area contributed by atoms with Crippen molar-refractivity contribution < 1.29 is 0 Å². The lowest BCUT2D eigenvalue weighted by molar-refractivity contribution is 0.674. The molecule has 0 fully saturated rings. The monoisotopic (exact) mass is 194 g/mol. The van der Waals surface area contributed by atoms with Crippen LogP contribution in [0.15, 0.2) is 17.9 Å². The van der Waals surface area contributed by atoms with Crippen molar-refractivity contribution in [3.8, 4) is 0 Å². The molecule has 0 heterocycles. The first kappa shape index (κ1) is 13.5. The van der Waals surface area contributed by atoms with Gasteiger partial charge < -0.3 is 0 Å². The lowest BCUT2D eigenvalue weighted by atomic mass is 10.1. The quantitative estimate of drug-likeness (QED) is 0.347. The van der Waals surface area contributed by atoms with Crippen molar-refractivity contribution in [1.29, 1.82) is 0 Å². The van der Waals surface area contributed by atoms with Crippen LogP contribution in [-0.4, -0.2) is 0 Å². The minimum absolute atomic E-state index is 1.21. The number of unbranched alkanes of at least 4 members (excludes halogenated alkanes) is 7. The van der Waals surface area contributed by atoms with Crippen molar-refractivity contribution in [3.05, 3.63) is 17.9 Å². The van der Waals surface area contributed by atoms with E-state index in [9.17, 15) is 0 Å². The van der Waals surface area contributed by atoms with Gasteiger partial charge in [-0.25, -0.2) is 0 Å². The van der Waals surface area contributed by atoms with Crippen LogP contribution in [0, 0.1) is 0 Å². The third-order valence-corrected chi connectivity index (χ3v) is 2.39. The fraction of sp³-hybridized carbons (Fsp3) is 0.786. The van der Waals surface area contributed by atoms with E-state index in [0.717, 1.165) is 0 Å². The zero-order valence-corrected chi connectivity index (χ0v) is 10.0. The van der Waals surface area contributed by atoms with Crippen LogP contribution in [0.3, 0.4) is 0 Å². The fourth-order valence-electron chi connectivity index (χ4n) is 1.42. The molecule has 0 saturated carbocycles. The van der Waals surface area contributed by atoms with Crippen LogP contribution in [-0.2, 0) is 0 Å². The van der Waals surface area contributed by atoms with Crippen LogP contribution in [0.1, 0.15) is 71.6 Å². The van der Waals surface area contributed by atoms with Gasteiger partial charge in [0.05, 0.1) is 0 Å². The topological polar surface area (TPSA) is 0 Å². The van der Waals surface area contributed by atoms with Crippen LogP contribution < -0.4 is 0 Å². The minimum atomic E-state index is 1.21. The summed E-state index contributed by atoms with van der Waals surface area (Å²) >= 11 is 0. The molecule has 0 bridgehead atoms. The van der Waals surface area contributed by atoms with Gasteiger partial charge in [0, 0.05) is 0 Å². The maximum absolute atomic E-state index is 3.27. The van der Waals surface area contributed by atoms with Gasteiger partial charge in [0.15, 0.2) is 0 Å². The second-order valence-corrected chi connectivity index (χ2v) is 3.92. The lowest BCUT2D eigenvalue weighted by Crippen LogP contribution is -1.72. The zero-order valence-electron chi connectivity index (χ0n) is 10.0. The van der Waals surface area contributed by atoms with Crippen molar-refractivity contribution in [2.75, 3.05) is 0 Å². The third kappa shape index (κ3) is 11.5. The van der Waals surface area contributed by atoms with E-state index in [1.165, 1.54) is 57.8 Å². The normalized spacial score (nSPS) is 9.57. The number of hydrogen-bond acceptors (Lipinski definition) is 0. The third-order valence-electron chi connectivity index (χ3n) is 2.39. The molecule has 0 heteroatoms. The van der Waals surface area contributed by atoms with Gasteiger partial charge in [-0.2, -0.15) is 0 Å². The second-order valence-electron chi connectivity index (χ2n) is 3.92. The van der Waals surface area contributed by atoms with Gasteiger partial charge >= 0.3 is 0 Å². The molecule has 0 aromatic rings. The molecule has 0 amide bonds. The summed E-state index contributed by atoms with van der Waals surface area (Å²) in [6, 6.07) is 0. The molecule has 0 radical (unpaired) electrons. The molecule has 0 spiro atoms. The Balaban J connectivity index is 3.16. The van der Waals surface area contributed by atoms with Crippen molar-refractivity contribution in [2.24, 2.45) is 0 Å². The average Bonchev–Trinajstić information content (AvgIpc) is 2.21. The molecule has 0 aliphatic carbocycles. The molecular formula is C14H26. The average molecular weight is 194 g/mol. The van der Waals surface area contributed by atoms with E-state index >= 15 is 0 Å². The SMILES string of the molecule is CCCCCC=C=CCCCCCC. The first-order valence-electron chi connectivity index (χ1n) is 6.31. The summed E-state index contributed by atoms with van der Waals surface area (Å²) in [5.74, 6) is 0. The summed E-state index contributed by atoms with van der Waals surface area (Å²) < 4.78 is 0. The van der Waals surface area contributed by atoms with E-state index < -0.39 is 0 Å². The highest BCUT2D eigenvalue weighted by Gasteiger charge is 1.83. The highest BCUT2D eigenvalue weighted by molar-refractivity contribution is 4.84. The summed E-state index contributed by atoms with van der Waals surface area (Å²) in [6.45, 7) is 4.50. The Kier molecular flexibility index (Phi) is 12.1.